The first-order valence-corrected chi connectivity index (χ1v) is 5.56. The van der Waals surface area contributed by atoms with Gasteiger partial charge in [0.2, 0.25) is 5.91 Å². The van der Waals surface area contributed by atoms with Crippen molar-refractivity contribution < 1.29 is 19.1 Å². The number of nitrogens with one attached hydrogen (secondary N) is 1. The number of carbonyl (C=O) groups excluding carboxylic acids is 2. The molecular formula is C11H19NO4. The smallest absolute Gasteiger partial charge is 0.328 e. The van der Waals surface area contributed by atoms with Gasteiger partial charge in [-0.3, -0.25) is 4.79 Å². The van der Waals surface area contributed by atoms with Crippen LogP contribution >= 0.6 is 0 Å². The van der Waals surface area contributed by atoms with Gasteiger partial charge in [-0.05, 0) is 18.8 Å². The number of carbonyl (C=O) groups is 2. The molecule has 1 heterocycles. The molecule has 0 unspecified atom stereocenters. The van der Waals surface area contributed by atoms with Crippen molar-refractivity contribution in [1.29, 1.82) is 0 Å². The van der Waals surface area contributed by atoms with Crippen LogP contribution in [0.4, 0.5) is 0 Å². The number of hydrogen-bond donors (Lipinski definition) is 1. The molecular weight excluding hydrogens is 210 g/mol. The molecule has 0 spiro atoms. The van der Waals surface area contributed by atoms with E-state index in [0.717, 1.165) is 12.8 Å². The molecule has 0 aromatic rings. The lowest BCUT2D eigenvalue weighted by Gasteiger charge is -2.21. The Morgan fingerprint density at radius 1 is 1.44 bits per heavy atom. The minimum Gasteiger partial charge on any atom is -0.467 e. The second-order valence-electron chi connectivity index (χ2n) is 4.26. The van der Waals surface area contributed by atoms with E-state index >= 15 is 0 Å². The molecule has 5 nitrogen and oxygen atoms in total. The Hall–Kier alpha value is -1.10. The first-order chi connectivity index (χ1) is 7.56. The Bertz CT molecular complexity index is 259. The predicted octanol–water partition coefficient (Wildman–Crippen LogP) is 0.479. The summed E-state index contributed by atoms with van der Waals surface area (Å²) in [6.45, 7) is 4.33. The van der Waals surface area contributed by atoms with Crippen LogP contribution in [0.1, 0.15) is 26.7 Å². The number of esters is 1. The van der Waals surface area contributed by atoms with Crippen LogP contribution in [0.3, 0.4) is 0 Å². The lowest BCUT2D eigenvalue weighted by atomic mass is 10.0. The van der Waals surface area contributed by atoms with Crippen LogP contribution in [-0.4, -0.2) is 37.7 Å². The molecule has 92 valence electrons. The van der Waals surface area contributed by atoms with Crippen LogP contribution in [0.5, 0.6) is 0 Å². The van der Waals surface area contributed by atoms with Gasteiger partial charge >= 0.3 is 5.97 Å². The van der Waals surface area contributed by atoms with E-state index in [-0.39, 0.29) is 11.8 Å². The molecule has 5 heteroatoms. The fraction of sp³-hybridized carbons (Fsp3) is 0.818. The normalized spacial score (nSPS) is 21.9. The second kappa shape index (κ2) is 5.84. The average Bonchev–Trinajstić information content (AvgIpc) is 2.77. The van der Waals surface area contributed by atoms with E-state index in [1.165, 1.54) is 7.11 Å². The second-order valence-corrected chi connectivity index (χ2v) is 4.26. The fourth-order valence-corrected chi connectivity index (χ4v) is 1.66. The van der Waals surface area contributed by atoms with Crippen molar-refractivity contribution >= 4 is 11.9 Å². The van der Waals surface area contributed by atoms with Crippen LogP contribution in [0, 0.1) is 5.92 Å². The molecule has 1 N–H and O–H groups in total. The molecule has 1 amide bonds. The Kier molecular flexibility index (Phi) is 4.73. The van der Waals surface area contributed by atoms with Crippen LogP contribution < -0.4 is 5.32 Å². The summed E-state index contributed by atoms with van der Waals surface area (Å²) in [5.41, 5.74) is 0. The molecule has 0 aromatic carbocycles. The maximum absolute atomic E-state index is 11.7. The van der Waals surface area contributed by atoms with Crippen LogP contribution in [0.15, 0.2) is 0 Å². The lowest BCUT2D eigenvalue weighted by Crippen LogP contribution is -2.48. The predicted molar refractivity (Wildman–Crippen MR) is 57.8 cm³/mol. The van der Waals surface area contributed by atoms with Crippen molar-refractivity contribution in [3.8, 4) is 0 Å². The van der Waals surface area contributed by atoms with Gasteiger partial charge in [0, 0.05) is 6.61 Å². The van der Waals surface area contributed by atoms with Gasteiger partial charge in [-0.15, -0.1) is 0 Å². The topological polar surface area (TPSA) is 64.6 Å². The van der Waals surface area contributed by atoms with Gasteiger partial charge in [0.25, 0.3) is 0 Å². The fourth-order valence-electron chi connectivity index (χ4n) is 1.66. The van der Waals surface area contributed by atoms with Crippen molar-refractivity contribution in [2.45, 2.75) is 38.8 Å². The molecule has 16 heavy (non-hydrogen) atoms. The first kappa shape index (κ1) is 13.0. The quantitative estimate of drug-likeness (QED) is 0.712. The zero-order valence-corrected chi connectivity index (χ0v) is 9.99. The highest BCUT2D eigenvalue weighted by Gasteiger charge is 2.30. The number of rotatable bonds is 4. The van der Waals surface area contributed by atoms with Crippen molar-refractivity contribution in [3.63, 3.8) is 0 Å². The minimum atomic E-state index is -0.596. The van der Waals surface area contributed by atoms with Gasteiger partial charge in [-0.1, -0.05) is 13.8 Å². The highest BCUT2D eigenvalue weighted by atomic mass is 16.5. The molecule has 1 aliphatic rings. The summed E-state index contributed by atoms with van der Waals surface area (Å²) in [6.07, 6.45) is 1.20. The van der Waals surface area contributed by atoms with Crippen molar-refractivity contribution in [2.24, 2.45) is 5.92 Å². The molecule has 1 rings (SSSR count). The summed E-state index contributed by atoms with van der Waals surface area (Å²) < 4.78 is 9.89. The Morgan fingerprint density at radius 2 is 2.12 bits per heavy atom. The molecule has 0 aliphatic carbocycles. The summed E-state index contributed by atoms with van der Waals surface area (Å²) >= 11 is 0. The molecule has 0 saturated carbocycles. The van der Waals surface area contributed by atoms with Crippen molar-refractivity contribution in [3.05, 3.63) is 0 Å². The zero-order valence-electron chi connectivity index (χ0n) is 9.99. The van der Waals surface area contributed by atoms with E-state index in [9.17, 15) is 9.59 Å². The summed E-state index contributed by atoms with van der Waals surface area (Å²) in [4.78, 5) is 23.2. The zero-order chi connectivity index (χ0) is 12.1. The molecule has 0 aromatic heterocycles. The molecule has 1 fully saturated rings. The summed E-state index contributed by atoms with van der Waals surface area (Å²) in [5, 5.41) is 2.67. The van der Waals surface area contributed by atoms with E-state index in [2.05, 4.69) is 10.1 Å². The van der Waals surface area contributed by atoms with E-state index in [1.54, 1.807) is 0 Å². The third-order valence-electron chi connectivity index (χ3n) is 2.64. The molecule has 1 saturated heterocycles. The van der Waals surface area contributed by atoms with Gasteiger partial charge < -0.3 is 14.8 Å². The lowest BCUT2D eigenvalue weighted by molar-refractivity contribution is -0.147. The van der Waals surface area contributed by atoms with Crippen molar-refractivity contribution in [2.75, 3.05) is 13.7 Å². The van der Waals surface area contributed by atoms with Gasteiger partial charge in [-0.25, -0.2) is 4.79 Å². The van der Waals surface area contributed by atoms with Gasteiger partial charge in [0.15, 0.2) is 0 Å². The molecule has 2 atom stereocenters. The first-order valence-electron chi connectivity index (χ1n) is 5.56. The summed E-state index contributed by atoms with van der Waals surface area (Å²) in [7, 11) is 1.32. The maximum Gasteiger partial charge on any atom is 0.328 e. The maximum atomic E-state index is 11.7. The standard InChI is InChI=1S/C11H19NO4/c1-7(2)9(11(14)15-3)12-10(13)8-5-4-6-16-8/h7-9H,4-6H2,1-3H3,(H,12,13)/t8-,9-/m0/s1. The average molecular weight is 229 g/mol. The highest BCUT2D eigenvalue weighted by molar-refractivity contribution is 5.87. The Labute approximate surface area is 95.5 Å². The van der Waals surface area contributed by atoms with Gasteiger partial charge in [0.1, 0.15) is 12.1 Å². The van der Waals surface area contributed by atoms with E-state index in [1.807, 2.05) is 13.8 Å². The van der Waals surface area contributed by atoms with Crippen LogP contribution in [-0.2, 0) is 19.1 Å². The number of ether oxygens (including phenoxy) is 2. The number of methoxy groups -OCH3 is 1. The number of amides is 1. The van der Waals surface area contributed by atoms with Crippen molar-refractivity contribution in [1.82, 2.24) is 5.32 Å². The Morgan fingerprint density at radius 3 is 2.56 bits per heavy atom. The van der Waals surface area contributed by atoms with Crippen LogP contribution in [0.2, 0.25) is 0 Å². The Balaban J connectivity index is 2.53. The van der Waals surface area contributed by atoms with E-state index < -0.39 is 18.1 Å². The third-order valence-corrected chi connectivity index (χ3v) is 2.64. The largest absolute Gasteiger partial charge is 0.467 e. The molecule has 1 aliphatic heterocycles. The van der Waals surface area contributed by atoms with E-state index in [0.29, 0.717) is 6.61 Å². The molecule has 0 bridgehead atoms. The van der Waals surface area contributed by atoms with Gasteiger partial charge in [-0.2, -0.15) is 0 Å². The van der Waals surface area contributed by atoms with Crippen LogP contribution in [0.25, 0.3) is 0 Å². The molecule has 0 radical (unpaired) electrons. The summed E-state index contributed by atoms with van der Waals surface area (Å²) in [5.74, 6) is -0.638. The minimum absolute atomic E-state index is 0.00203. The highest BCUT2D eigenvalue weighted by Crippen LogP contribution is 2.13. The summed E-state index contributed by atoms with van der Waals surface area (Å²) in [6, 6.07) is -0.596. The number of hydrogen-bond acceptors (Lipinski definition) is 4. The van der Waals surface area contributed by atoms with E-state index in [4.69, 9.17) is 4.74 Å². The third kappa shape index (κ3) is 3.20. The monoisotopic (exact) mass is 229 g/mol. The van der Waals surface area contributed by atoms with Gasteiger partial charge in [0.05, 0.1) is 7.11 Å². The SMILES string of the molecule is COC(=O)[C@@H](NC(=O)[C@@H]1CCCO1)C(C)C.